The van der Waals surface area contributed by atoms with Crippen LogP contribution in [-0.2, 0) is 11.4 Å². The minimum Gasteiger partial charge on any atom is -0.417 e. The van der Waals surface area contributed by atoms with Gasteiger partial charge in [-0.1, -0.05) is 17.3 Å². The molecule has 1 aromatic heterocycles. The molecule has 0 aliphatic heterocycles. The van der Waals surface area contributed by atoms with E-state index in [1.54, 1.807) is 12.1 Å². The van der Waals surface area contributed by atoms with Gasteiger partial charge in [0, 0.05) is 0 Å². The second-order valence-corrected chi connectivity index (χ2v) is 3.42. The molecular formula is C12H6FN5O2. The third-order valence-corrected chi connectivity index (χ3v) is 2.13. The van der Waals surface area contributed by atoms with Gasteiger partial charge in [0.1, 0.15) is 18.0 Å². The van der Waals surface area contributed by atoms with Crippen LogP contribution in [0.4, 0.5) is 4.39 Å². The van der Waals surface area contributed by atoms with Crippen LogP contribution in [0.3, 0.4) is 0 Å². The van der Waals surface area contributed by atoms with Crippen LogP contribution >= 0.6 is 0 Å². The van der Waals surface area contributed by atoms with E-state index < -0.39 is 11.5 Å². The molecule has 0 spiro atoms. The molecular weight excluding hydrogens is 265 g/mol. The highest BCUT2D eigenvalue weighted by molar-refractivity contribution is 6.09. The first-order chi connectivity index (χ1) is 9.74. The van der Waals surface area contributed by atoms with Gasteiger partial charge in [-0.15, -0.1) is 10.2 Å². The zero-order valence-corrected chi connectivity index (χ0v) is 9.95. The lowest BCUT2D eigenvalue weighted by molar-refractivity contribution is 0.112. The maximum Gasteiger partial charge on any atom is 0.257 e. The summed E-state index contributed by atoms with van der Waals surface area (Å²) in [5, 5.41) is 27.4. The Morgan fingerprint density at radius 1 is 1.30 bits per heavy atom. The van der Waals surface area contributed by atoms with Crippen LogP contribution < -0.4 is 0 Å². The number of rotatable bonds is 4. The molecule has 0 fully saturated rings. The Bertz CT molecular complexity index is 710. The fourth-order valence-electron chi connectivity index (χ4n) is 1.27. The summed E-state index contributed by atoms with van der Waals surface area (Å²) in [5.74, 6) is -0.438. The number of nitrogens with zero attached hydrogens (tertiary/aromatic N) is 5. The molecule has 1 aromatic carbocycles. The fourth-order valence-corrected chi connectivity index (χ4v) is 1.27. The zero-order chi connectivity index (χ0) is 14.4. The van der Waals surface area contributed by atoms with Gasteiger partial charge in [0.2, 0.25) is 0 Å². The van der Waals surface area contributed by atoms with E-state index in [1.807, 2.05) is 0 Å². The lowest BCUT2D eigenvalue weighted by atomic mass is 10.2. The summed E-state index contributed by atoms with van der Waals surface area (Å²) in [6.07, 6.45) is 0. The molecule has 0 N–H and O–H groups in total. The number of benzene rings is 1. The highest BCUT2D eigenvalue weighted by Gasteiger charge is 2.12. The van der Waals surface area contributed by atoms with Crippen molar-refractivity contribution in [3.05, 3.63) is 36.0 Å². The average molecular weight is 271 g/mol. The molecule has 0 atom stereocenters. The zero-order valence-electron chi connectivity index (χ0n) is 9.95. The van der Waals surface area contributed by atoms with E-state index in [2.05, 4.69) is 15.4 Å². The fraction of sp³-hybridized carbons (Fsp3) is 0.0833. The summed E-state index contributed by atoms with van der Waals surface area (Å²) in [5.41, 5.74) is -0.261. The molecule has 0 bridgehead atoms. The minimum atomic E-state index is -0.488. The van der Waals surface area contributed by atoms with Gasteiger partial charge >= 0.3 is 0 Å². The summed E-state index contributed by atoms with van der Waals surface area (Å²) >= 11 is 0. The van der Waals surface area contributed by atoms with Gasteiger partial charge < -0.3 is 9.25 Å². The molecule has 20 heavy (non-hydrogen) atoms. The van der Waals surface area contributed by atoms with Crippen molar-refractivity contribution < 1.29 is 13.6 Å². The maximum absolute atomic E-state index is 13.5. The molecule has 0 unspecified atom stereocenters. The predicted molar refractivity (Wildman–Crippen MR) is 63.1 cm³/mol. The molecule has 0 aliphatic carbocycles. The monoisotopic (exact) mass is 271 g/mol. The third kappa shape index (κ3) is 2.94. The molecule has 0 radical (unpaired) electrons. The van der Waals surface area contributed by atoms with Crippen LogP contribution in [-0.4, -0.2) is 15.9 Å². The number of halogens is 1. The van der Waals surface area contributed by atoms with Crippen LogP contribution in [0.25, 0.3) is 11.5 Å². The van der Waals surface area contributed by atoms with Crippen LogP contribution in [0.5, 0.6) is 0 Å². The molecule has 0 amide bonds. The molecule has 0 saturated heterocycles. The first-order valence-electron chi connectivity index (χ1n) is 5.32. The number of hydrogen-bond acceptors (Lipinski definition) is 7. The summed E-state index contributed by atoms with van der Waals surface area (Å²) in [6, 6.07) is 8.99. The summed E-state index contributed by atoms with van der Waals surface area (Å²) < 4.78 is 18.7. The standard InChI is InChI=1S/C12H6FN5O2/c13-10-4-2-1-3-9(10)12-17-16-11(20-12)7-19-18-8(5-14)6-15/h1-4H,7H2. The third-order valence-electron chi connectivity index (χ3n) is 2.13. The number of hydrogen-bond donors (Lipinski definition) is 0. The van der Waals surface area contributed by atoms with Gasteiger partial charge in [-0.05, 0) is 12.1 Å². The Balaban J connectivity index is 2.08. The Kier molecular flexibility index (Phi) is 4.00. The van der Waals surface area contributed by atoms with Gasteiger partial charge in [0.05, 0.1) is 5.56 Å². The first kappa shape index (κ1) is 13.2. The molecule has 2 rings (SSSR count). The van der Waals surface area contributed by atoms with Crippen LogP contribution in [0.2, 0.25) is 0 Å². The topological polar surface area (TPSA) is 108 Å². The minimum absolute atomic E-state index is 0.00599. The lowest BCUT2D eigenvalue weighted by Crippen LogP contribution is -1.93. The van der Waals surface area contributed by atoms with Gasteiger partial charge in [0.25, 0.3) is 17.5 Å². The van der Waals surface area contributed by atoms with Crippen molar-refractivity contribution >= 4 is 5.71 Å². The summed E-state index contributed by atoms with van der Waals surface area (Å²) in [7, 11) is 0. The van der Waals surface area contributed by atoms with E-state index in [1.165, 1.54) is 24.3 Å². The normalized spacial score (nSPS) is 9.35. The summed E-state index contributed by atoms with van der Waals surface area (Å²) in [4.78, 5) is 4.70. The van der Waals surface area contributed by atoms with Crippen molar-refractivity contribution in [2.24, 2.45) is 5.16 Å². The smallest absolute Gasteiger partial charge is 0.257 e. The molecule has 98 valence electrons. The Labute approximate surface area is 112 Å². The second kappa shape index (κ2) is 6.07. The average Bonchev–Trinajstić information content (AvgIpc) is 2.93. The van der Waals surface area contributed by atoms with Crippen molar-refractivity contribution in [2.75, 3.05) is 0 Å². The number of oxime groups is 1. The van der Waals surface area contributed by atoms with Gasteiger partial charge in [-0.2, -0.15) is 10.5 Å². The number of nitriles is 2. The van der Waals surface area contributed by atoms with E-state index in [-0.39, 0.29) is 24.0 Å². The second-order valence-electron chi connectivity index (χ2n) is 3.42. The van der Waals surface area contributed by atoms with Crippen LogP contribution in [0.1, 0.15) is 5.89 Å². The van der Waals surface area contributed by atoms with Crippen molar-refractivity contribution in [3.8, 4) is 23.6 Å². The van der Waals surface area contributed by atoms with Crippen molar-refractivity contribution in [2.45, 2.75) is 6.61 Å². The lowest BCUT2D eigenvalue weighted by Gasteiger charge is -1.95. The Morgan fingerprint density at radius 2 is 2.05 bits per heavy atom. The van der Waals surface area contributed by atoms with Gasteiger partial charge in [-0.3, -0.25) is 0 Å². The predicted octanol–water partition coefficient (Wildman–Crippen LogP) is 1.80. The molecule has 8 heteroatoms. The van der Waals surface area contributed by atoms with E-state index in [9.17, 15) is 4.39 Å². The highest BCUT2D eigenvalue weighted by Crippen LogP contribution is 2.20. The van der Waals surface area contributed by atoms with Gasteiger partial charge in [-0.25, -0.2) is 4.39 Å². The van der Waals surface area contributed by atoms with E-state index in [0.717, 1.165) is 0 Å². The van der Waals surface area contributed by atoms with Crippen molar-refractivity contribution in [1.29, 1.82) is 10.5 Å². The molecule has 0 aliphatic rings. The Hall–Kier alpha value is -3.26. The van der Waals surface area contributed by atoms with E-state index >= 15 is 0 Å². The first-order valence-corrected chi connectivity index (χ1v) is 5.32. The largest absolute Gasteiger partial charge is 0.417 e. The molecule has 7 nitrogen and oxygen atoms in total. The SMILES string of the molecule is N#CC(C#N)=NOCc1nnc(-c2ccccc2F)o1. The number of aromatic nitrogens is 2. The highest BCUT2D eigenvalue weighted by atomic mass is 19.1. The molecule has 0 saturated carbocycles. The van der Waals surface area contributed by atoms with E-state index in [4.69, 9.17) is 19.8 Å². The Morgan fingerprint density at radius 3 is 2.75 bits per heavy atom. The quantitative estimate of drug-likeness (QED) is 0.619. The molecule has 2 aromatic rings. The summed E-state index contributed by atoms with van der Waals surface area (Å²) in [6.45, 7) is -0.228. The molecule has 1 heterocycles. The maximum atomic E-state index is 13.5. The van der Waals surface area contributed by atoms with E-state index in [0.29, 0.717) is 0 Å². The van der Waals surface area contributed by atoms with Crippen LogP contribution in [0.15, 0.2) is 33.8 Å². The van der Waals surface area contributed by atoms with Gasteiger partial charge in [0.15, 0.2) is 6.61 Å². The van der Waals surface area contributed by atoms with Crippen molar-refractivity contribution in [1.82, 2.24) is 10.2 Å². The van der Waals surface area contributed by atoms with Crippen molar-refractivity contribution in [3.63, 3.8) is 0 Å². The van der Waals surface area contributed by atoms with Crippen LogP contribution in [0, 0.1) is 28.5 Å².